The standard InChI is InChI=1S/C52H88N6O30S/c1-22(11-40(74)55-17-34(68)46(81)49(84)37(71)20-61)43(56-23(2)62)31(65)13-25(4-10-42(77)78)51(86)57-27(5-7-38(72)53-15-32(66)44(79)47(82)35(69)18-59)29(63)12-24(3-9-41(75)76)50(85)58-28(30(64)14-26(21-89)52(87)88)6-8-39(73)54-16-33(67)45(80)48(83)36(70)19-60/h22,24-28,32-37,43-49,59-61,66-71,79-84,89H,3-21H2,1-2H3,(H,53,72)(H,54,73)(H,55,74)(H,56,62)(H,57,86)(H,58,85)(H,75,76)(H,77,78)(H,87,88)/t22?,24-,25-,26+,27+,28+,32+,33+,34+,35-,36-,37-,43+,44-,45-,46-,47-,48-,49-/m1/s1. The maximum atomic E-state index is 14.5. The van der Waals surface area contributed by atoms with Gasteiger partial charge in [-0.25, -0.2) is 0 Å². The predicted octanol–water partition coefficient (Wildman–Crippen LogP) is -10.8. The minimum atomic E-state index is -2.16. The summed E-state index contributed by atoms with van der Waals surface area (Å²) in [5, 5.41) is 189. The molecule has 0 saturated heterocycles. The van der Waals surface area contributed by atoms with E-state index < -0.39 is 308 Å². The topological polar surface area (TPSA) is 641 Å². The zero-order chi connectivity index (χ0) is 68.6. The highest BCUT2D eigenvalue weighted by Gasteiger charge is 2.38. The minimum absolute atomic E-state index is 0.422. The first-order chi connectivity index (χ1) is 41.5. The smallest absolute Gasteiger partial charge is 0.307 e. The number of carbonyl (C=O) groups is 12. The molecule has 19 atom stereocenters. The van der Waals surface area contributed by atoms with Crippen LogP contribution in [0.2, 0.25) is 0 Å². The van der Waals surface area contributed by atoms with Gasteiger partial charge in [0.2, 0.25) is 35.4 Å². The maximum absolute atomic E-state index is 14.5. The Balaban J connectivity index is 7.28. The number of rotatable bonds is 49. The Labute approximate surface area is 514 Å². The fraction of sp³-hybridized carbons (Fsp3) is 0.769. The van der Waals surface area contributed by atoms with Gasteiger partial charge in [-0.05, 0) is 31.6 Å². The lowest BCUT2D eigenvalue weighted by Crippen LogP contribution is -2.51. The van der Waals surface area contributed by atoms with E-state index in [2.05, 4.69) is 44.5 Å². The second kappa shape index (κ2) is 42.9. The van der Waals surface area contributed by atoms with Gasteiger partial charge < -0.3 is 124 Å². The van der Waals surface area contributed by atoms with Crippen molar-refractivity contribution >= 4 is 83.3 Å². The number of carboxylic acid groups (broad SMARTS) is 3. The van der Waals surface area contributed by atoms with Gasteiger partial charge in [-0.3, -0.25) is 57.5 Å². The molecule has 512 valence electrons. The SMILES string of the molecule is CC(=O)N[C@H](C(=O)C[C@@H](CCC(=O)O)C(=O)N[C@@H](CCC(=O)NC[C@H](O)[C@@H](O)[C@H](O)[C@H](O)CO)C(=O)C[C@@H](CCC(=O)O)C(=O)N[C@@H](CCC(=O)NC[C@H](O)[C@@H](O)[C@H](O)[C@H](O)CO)C(=O)C[C@@H](CS)C(=O)O)C(C)CC(=O)NC[C@H](O)[C@@H](O)[C@H](O)[C@H](O)CO. The van der Waals surface area contributed by atoms with E-state index in [0.29, 0.717) is 0 Å². The summed E-state index contributed by atoms with van der Waals surface area (Å²) in [4.78, 5) is 158. The quantitative estimate of drug-likeness (QED) is 0.0252. The normalized spacial score (nSPS) is 18.0. The Morgan fingerprint density at radius 2 is 0.708 bits per heavy atom. The zero-order valence-corrected chi connectivity index (χ0v) is 49.7. The van der Waals surface area contributed by atoms with Crippen molar-refractivity contribution in [1.29, 1.82) is 0 Å². The van der Waals surface area contributed by atoms with Crippen molar-refractivity contribution in [3.63, 3.8) is 0 Å². The van der Waals surface area contributed by atoms with Gasteiger partial charge in [-0.1, -0.05) is 6.92 Å². The first-order valence-corrected chi connectivity index (χ1v) is 28.6. The number of aliphatic hydroxyl groups is 15. The molecule has 1 unspecified atom stereocenters. The average molecular weight is 1310 g/mol. The van der Waals surface area contributed by atoms with Gasteiger partial charge in [0.1, 0.15) is 54.9 Å². The fourth-order valence-electron chi connectivity index (χ4n) is 8.50. The van der Waals surface area contributed by atoms with Crippen LogP contribution in [0.3, 0.4) is 0 Å². The van der Waals surface area contributed by atoms with E-state index >= 15 is 0 Å². The van der Waals surface area contributed by atoms with Gasteiger partial charge in [0.15, 0.2) is 17.3 Å². The van der Waals surface area contributed by atoms with Crippen molar-refractivity contribution in [2.24, 2.45) is 23.7 Å². The number of nitrogens with one attached hydrogen (secondary N) is 6. The number of amides is 6. The molecule has 0 aromatic rings. The van der Waals surface area contributed by atoms with Crippen LogP contribution in [-0.4, -0.2) is 299 Å². The molecule has 0 aliphatic rings. The number of carbonyl (C=O) groups excluding carboxylic acids is 9. The van der Waals surface area contributed by atoms with Gasteiger partial charge in [-0.2, -0.15) is 12.6 Å². The van der Waals surface area contributed by atoms with Crippen LogP contribution in [0, 0.1) is 23.7 Å². The summed E-state index contributed by atoms with van der Waals surface area (Å²) in [5.41, 5.74) is 0. The summed E-state index contributed by atoms with van der Waals surface area (Å²) in [7, 11) is 0. The molecule has 24 N–H and O–H groups in total. The molecule has 0 saturated carbocycles. The monoisotopic (exact) mass is 1310 g/mol. The number of hydrogen-bond donors (Lipinski definition) is 25. The van der Waals surface area contributed by atoms with E-state index in [0.717, 1.165) is 6.92 Å². The van der Waals surface area contributed by atoms with E-state index in [4.69, 9.17) is 15.3 Å². The number of aliphatic carboxylic acids is 3. The van der Waals surface area contributed by atoms with Crippen LogP contribution in [0.5, 0.6) is 0 Å². The first kappa shape index (κ1) is 83.0. The number of aliphatic hydroxyl groups excluding tert-OH is 15. The minimum Gasteiger partial charge on any atom is -0.481 e. The molecule has 0 aromatic heterocycles. The molecule has 0 bridgehead atoms. The van der Waals surface area contributed by atoms with E-state index in [1.165, 1.54) is 6.92 Å². The van der Waals surface area contributed by atoms with E-state index in [9.17, 15) is 134 Å². The summed E-state index contributed by atoms with van der Waals surface area (Å²) in [6, 6.07) is -5.40. The van der Waals surface area contributed by atoms with Gasteiger partial charge in [0.05, 0.1) is 62.2 Å². The molecule has 0 fully saturated rings. The highest BCUT2D eigenvalue weighted by Crippen LogP contribution is 2.22. The zero-order valence-electron chi connectivity index (χ0n) is 48.8. The summed E-state index contributed by atoms with van der Waals surface area (Å²) in [6.07, 6.45) is -33.7. The van der Waals surface area contributed by atoms with Crippen LogP contribution in [0.25, 0.3) is 0 Å². The Morgan fingerprint density at radius 1 is 0.393 bits per heavy atom. The lowest BCUT2D eigenvalue weighted by atomic mass is 9.86. The number of Topliss-reactive ketones (excluding diaryl/α,β-unsaturated/α-hetero) is 3. The molecule has 37 heteroatoms. The van der Waals surface area contributed by atoms with Crippen molar-refractivity contribution in [3.8, 4) is 0 Å². The Bertz CT molecular complexity index is 2310. The van der Waals surface area contributed by atoms with Crippen molar-refractivity contribution in [1.82, 2.24) is 31.9 Å². The molecule has 36 nitrogen and oxygen atoms in total. The number of thiol groups is 1. The van der Waals surface area contributed by atoms with Crippen molar-refractivity contribution in [3.05, 3.63) is 0 Å². The highest BCUT2D eigenvalue weighted by atomic mass is 32.1. The second-order valence-corrected chi connectivity index (χ2v) is 21.7. The van der Waals surface area contributed by atoms with Gasteiger partial charge in [0.25, 0.3) is 0 Å². The van der Waals surface area contributed by atoms with Gasteiger partial charge >= 0.3 is 17.9 Å². The van der Waals surface area contributed by atoms with Crippen LogP contribution in [0.4, 0.5) is 0 Å². The molecule has 0 aromatic carbocycles. The molecular weight excluding hydrogens is 1220 g/mol. The Kier molecular flexibility index (Phi) is 40.0. The first-order valence-electron chi connectivity index (χ1n) is 28.0. The summed E-state index contributed by atoms with van der Waals surface area (Å²) in [5.74, 6) is -20.8. The number of carboxylic acids is 3. The van der Waals surface area contributed by atoms with Crippen LogP contribution in [0.1, 0.15) is 90.9 Å². The van der Waals surface area contributed by atoms with Crippen LogP contribution in [-0.2, 0) is 57.5 Å². The largest absolute Gasteiger partial charge is 0.481 e. The molecule has 0 aliphatic carbocycles. The summed E-state index contributed by atoms with van der Waals surface area (Å²) in [6.45, 7) is -3.23. The molecular formula is C52H88N6O30S. The summed E-state index contributed by atoms with van der Waals surface area (Å²) < 4.78 is 0. The van der Waals surface area contributed by atoms with Crippen LogP contribution < -0.4 is 31.9 Å². The van der Waals surface area contributed by atoms with E-state index in [1.54, 1.807) is 0 Å². The third-order valence-corrected chi connectivity index (χ3v) is 14.5. The molecule has 89 heavy (non-hydrogen) atoms. The van der Waals surface area contributed by atoms with Crippen molar-refractivity contribution in [2.75, 3.05) is 45.2 Å². The molecule has 0 radical (unpaired) electrons. The molecule has 6 amide bonds. The van der Waals surface area contributed by atoms with E-state index in [1.807, 2.05) is 0 Å². The Morgan fingerprint density at radius 3 is 1.01 bits per heavy atom. The number of ketones is 3. The van der Waals surface area contributed by atoms with Crippen molar-refractivity contribution < 1.29 is 149 Å². The molecule has 0 spiro atoms. The highest BCUT2D eigenvalue weighted by molar-refractivity contribution is 7.80. The lowest BCUT2D eigenvalue weighted by molar-refractivity contribution is -0.143. The predicted molar refractivity (Wildman–Crippen MR) is 301 cm³/mol. The molecule has 0 aliphatic heterocycles. The van der Waals surface area contributed by atoms with Gasteiger partial charge in [0, 0.05) is 95.5 Å². The second-order valence-electron chi connectivity index (χ2n) is 21.4. The maximum Gasteiger partial charge on any atom is 0.307 e. The third-order valence-electron chi connectivity index (χ3n) is 14.1. The molecule has 0 rings (SSSR count). The van der Waals surface area contributed by atoms with Gasteiger partial charge in [-0.15, -0.1) is 0 Å². The fourth-order valence-corrected chi connectivity index (χ4v) is 8.79. The van der Waals surface area contributed by atoms with E-state index in [-0.39, 0.29) is 0 Å². The molecule has 0 heterocycles. The summed E-state index contributed by atoms with van der Waals surface area (Å²) >= 11 is 3.93. The average Bonchev–Trinajstić information content (AvgIpc) is 3.64. The van der Waals surface area contributed by atoms with Crippen LogP contribution >= 0.6 is 12.6 Å². The third kappa shape index (κ3) is 31.5. The van der Waals surface area contributed by atoms with Crippen molar-refractivity contribution in [2.45, 2.75) is 182 Å². The Hall–Kier alpha value is -6.01. The van der Waals surface area contributed by atoms with Crippen LogP contribution in [0.15, 0.2) is 0 Å². The lowest BCUT2D eigenvalue weighted by Gasteiger charge is -2.28. The number of hydrogen-bond acceptors (Lipinski definition) is 28.